The third-order valence-corrected chi connectivity index (χ3v) is 3.21. The molecule has 0 bridgehead atoms. The van der Waals surface area contributed by atoms with E-state index in [-0.39, 0.29) is 0 Å². The summed E-state index contributed by atoms with van der Waals surface area (Å²) in [6.07, 6.45) is 3.79. The Morgan fingerprint density at radius 3 is 2.95 bits per heavy atom. The van der Waals surface area contributed by atoms with Gasteiger partial charge in [0.05, 0.1) is 6.54 Å². The molecule has 1 heterocycles. The quantitative estimate of drug-likeness (QED) is 0.882. The van der Waals surface area contributed by atoms with Crippen molar-refractivity contribution in [3.05, 3.63) is 47.5 Å². The van der Waals surface area contributed by atoms with Gasteiger partial charge in [-0.05, 0) is 25.2 Å². The zero-order chi connectivity index (χ0) is 13.7. The Labute approximate surface area is 119 Å². The molecule has 4 nitrogen and oxygen atoms in total. The summed E-state index contributed by atoms with van der Waals surface area (Å²) in [4.78, 5) is 6.55. The number of hydrogen-bond donors (Lipinski definition) is 1. The van der Waals surface area contributed by atoms with Crippen LogP contribution in [0.2, 0.25) is 5.02 Å². The summed E-state index contributed by atoms with van der Waals surface area (Å²) in [6, 6.07) is 7.77. The summed E-state index contributed by atoms with van der Waals surface area (Å²) in [5, 5.41) is 4.11. The van der Waals surface area contributed by atoms with Crippen LogP contribution < -0.4 is 5.32 Å². The number of nitrogens with one attached hydrogen (secondary N) is 1. The molecule has 0 radical (unpaired) electrons. The Morgan fingerprint density at radius 1 is 1.42 bits per heavy atom. The topological polar surface area (TPSA) is 33.1 Å². The molecule has 0 saturated carbocycles. The first-order valence-electron chi connectivity index (χ1n) is 6.29. The predicted octanol–water partition coefficient (Wildman–Crippen LogP) is 2.62. The van der Waals surface area contributed by atoms with Crippen LogP contribution in [-0.2, 0) is 13.6 Å². The van der Waals surface area contributed by atoms with Crippen LogP contribution >= 0.6 is 11.6 Å². The van der Waals surface area contributed by atoms with Gasteiger partial charge in [-0.2, -0.15) is 0 Å². The molecule has 1 N–H and O–H groups in total. The van der Waals surface area contributed by atoms with Crippen molar-refractivity contribution in [2.24, 2.45) is 7.05 Å². The van der Waals surface area contributed by atoms with E-state index >= 15 is 0 Å². The minimum Gasteiger partial charge on any atom is -0.384 e. The molecule has 0 fully saturated rings. The van der Waals surface area contributed by atoms with Crippen LogP contribution in [0.5, 0.6) is 0 Å². The molecular formula is C14H19ClN4. The van der Waals surface area contributed by atoms with Crippen molar-refractivity contribution in [3.8, 4) is 0 Å². The summed E-state index contributed by atoms with van der Waals surface area (Å²) >= 11 is 5.94. The maximum Gasteiger partial charge on any atom is 0.122 e. The maximum absolute atomic E-state index is 5.94. The average Bonchev–Trinajstić information content (AvgIpc) is 2.75. The fraction of sp³-hybridized carbons (Fsp3) is 0.357. The lowest BCUT2D eigenvalue weighted by molar-refractivity contribution is 0.327. The fourth-order valence-electron chi connectivity index (χ4n) is 1.86. The van der Waals surface area contributed by atoms with Gasteiger partial charge in [-0.25, -0.2) is 4.98 Å². The van der Waals surface area contributed by atoms with Gasteiger partial charge in [-0.1, -0.05) is 17.7 Å². The van der Waals surface area contributed by atoms with Crippen molar-refractivity contribution >= 4 is 17.3 Å². The summed E-state index contributed by atoms with van der Waals surface area (Å²) < 4.78 is 2.04. The van der Waals surface area contributed by atoms with Crippen LogP contribution in [0.1, 0.15) is 5.82 Å². The zero-order valence-electron chi connectivity index (χ0n) is 11.3. The van der Waals surface area contributed by atoms with Gasteiger partial charge in [0.25, 0.3) is 0 Å². The standard InChI is InChI=1S/C14H19ClN4/c1-18(11-14-17-7-9-19(14)2)8-6-16-13-5-3-4-12(15)10-13/h3-5,7,9-10,16H,6,8,11H2,1-2H3. The van der Waals surface area contributed by atoms with E-state index in [0.717, 1.165) is 36.2 Å². The summed E-state index contributed by atoms with van der Waals surface area (Å²) in [5.41, 5.74) is 1.05. The maximum atomic E-state index is 5.94. The minimum atomic E-state index is 0.756. The van der Waals surface area contributed by atoms with E-state index in [1.807, 2.05) is 48.3 Å². The Kier molecular flexibility index (Phi) is 4.82. The van der Waals surface area contributed by atoms with E-state index in [4.69, 9.17) is 11.6 Å². The molecular weight excluding hydrogens is 260 g/mol. The zero-order valence-corrected chi connectivity index (χ0v) is 12.1. The molecule has 0 aliphatic rings. The first-order chi connectivity index (χ1) is 9.15. The number of nitrogens with zero attached hydrogens (tertiary/aromatic N) is 3. The largest absolute Gasteiger partial charge is 0.384 e. The number of hydrogen-bond acceptors (Lipinski definition) is 3. The van der Waals surface area contributed by atoms with Gasteiger partial charge in [0.1, 0.15) is 5.82 Å². The lowest BCUT2D eigenvalue weighted by atomic mass is 10.3. The van der Waals surface area contributed by atoms with Crippen molar-refractivity contribution < 1.29 is 0 Å². The second-order valence-electron chi connectivity index (χ2n) is 4.63. The molecule has 1 aromatic carbocycles. The number of benzene rings is 1. The Morgan fingerprint density at radius 2 is 2.26 bits per heavy atom. The Bertz CT molecular complexity index is 524. The van der Waals surface area contributed by atoms with Gasteiger partial charge >= 0.3 is 0 Å². The number of anilines is 1. The average molecular weight is 279 g/mol. The number of aryl methyl sites for hydroxylation is 1. The van der Waals surface area contributed by atoms with Gasteiger partial charge in [-0.3, -0.25) is 4.90 Å². The highest BCUT2D eigenvalue weighted by Crippen LogP contribution is 2.14. The Hall–Kier alpha value is -1.52. The van der Waals surface area contributed by atoms with Gasteiger partial charge in [0.15, 0.2) is 0 Å². The predicted molar refractivity (Wildman–Crippen MR) is 79.5 cm³/mol. The Balaban J connectivity index is 1.75. The SMILES string of the molecule is CN(CCNc1cccc(Cl)c1)Cc1nccn1C. The summed E-state index contributed by atoms with van der Waals surface area (Å²) in [6.45, 7) is 2.67. The molecule has 0 unspecified atom stereocenters. The van der Waals surface area contributed by atoms with E-state index < -0.39 is 0 Å². The molecule has 5 heteroatoms. The van der Waals surface area contributed by atoms with Gasteiger partial charge in [0, 0.05) is 43.2 Å². The molecule has 0 aliphatic carbocycles. The summed E-state index contributed by atoms with van der Waals surface area (Å²) in [7, 11) is 4.11. The van der Waals surface area contributed by atoms with Gasteiger partial charge in [0.2, 0.25) is 0 Å². The van der Waals surface area contributed by atoms with Crippen LogP contribution in [0.3, 0.4) is 0 Å². The van der Waals surface area contributed by atoms with Crippen molar-refractivity contribution in [2.75, 3.05) is 25.5 Å². The number of halogens is 1. The first-order valence-corrected chi connectivity index (χ1v) is 6.67. The normalized spacial score (nSPS) is 10.9. The number of imidazole rings is 1. The van der Waals surface area contributed by atoms with Crippen LogP contribution in [0, 0.1) is 0 Å². The molecule has 1 aromatic heterocycles. The van der Waals surface area contributed by atoms with Crippen LogP contribution in [-0.4, -0.2) is 34.6 Å². The van der Waals surface area contributed by atoms with Crippen LogP contribution in [0.15, 0.2) is 36.7 Å². The smallest absolute Gasteiger partial charge is 0.122 e. The molecule has 0 amide bonds. The molecule has 0 spiro atoms. The third-order valence-electron chi connectivity index (χ3n) is 2.98. The molecule has 0 aliphatic heterocycles. The number of likely N-dealkylation sites (N-methyl/N-ethyl adjacent to an activating group) is 1. The van der Waals surface area contributed by atoms with Crippen LogP contribution in [0.4, 0.5) is 5.69 Å². The van der Waals surface area contributed by atoms with Gasteiger partial charge < -0.3 is 9.88 Å². The van der Waals surface area contributed by atoms with Crippen molar-refractivity contribution in [2.45, 2.75) is 6.54 Å². The third kappa shape index (κ3) is 4.26. The molecule has 19 heavy (non-hydrogen) atoms. The number of rotatable bonds is 6. The highest BCUT2D eigenvalue weighted by atomic mass is 35.5. The van der Waals surface area contributed by atoms with Crippen molar-refractivity contribution in [1.29, 1.82) is 0 Å². The second kappa shape index (κ2) is 6.59. The minimum absolute atomic E-state index is 0.756. The highest BCUT2D eigenvalue weighted by Gasteiger charge is 2.04. The first kappa shape index (κ1) is 13.9. The lowest BCUT2D eigenvalue weighted by Crippen LogP contribution is -2.26. The van der Waals surface area contributed by atoms with E-state index in [2.05, 4.69) is 22.2 Å². The van der Waals surface area contributed by atoms with Crippen molar-refractivity contribution in [3.63, 3.8) is 0 Å². The van der Waals surface area contributed by atoms with E-state index in [9.17, 15) is 0 Å². The lowest BCUT2D eigenvalue weighted by Gasteiger charge is -2.17. The van der Waals surface area contributed by atoms with E-state index in [0.29, 0.717) is 0 Å². The molecule has 2 rings (SSSR count). The van der Waals surface area contributed by atoms with E-state index in [1.165, 1.54) is 0 Å². The summed E-state index contributed by atoms with van der Waals surface area (Å²) in [5.74, 6) is 1.07. The van der Waals surface area contributed by atoms with Gasteiger partial charge in [-0.15, -0.1) is 0 Å². The van der Waals surface area contributed by atoms with E-state index in [1.54, 1.807) is 0 Å². The molecule has 102 valence electrons. The number of aromatic nitrogens is 2. The highest BCUT2D eigenvalue weighted by molar-refractivity contribution is 6.30. The van der Waals surface area contributed by atoms with Crippen molar-refractivity contribution in [1.82, 2.24) is 14.5 Å². The molecule has 0 saturated heterocycles. The monoisotopic (exact) mass is 278 g/mol. The second-order valence-corrected chi connectivity index (χ2v) is 5.07. The molecule has 2 aromatic rings. The fourth-order valence-corrected chi connectivity index (χ4v) is 2.05. The van der Waals surface area contributed by atoms with Crippen LogP contribution in [0.25, 0.3) is 0 Å². The molecule has 0 atom stereocenters.